The van der Waals surface area contributed by atoms with E-state index in [0.717, 1.165) is 31.2 Å². The van der Waals surface area contributed by atoms with Crippen molar-refractivity contribution < 1.29 is 26.9 Å². The topological polar surface area (TPSA) is 98.8 Å². The van der Waals surface area contributed by atoms with Crippen LogP contribution in [-0.2, 0) is 19.6 Å². The molecule has 1 aliphatic carbocycles. The molecule has 0 bridgehead atoms. The zero-order chi connectivity index (χ0) is 23.3. The van der Waals surface area contributed by atoms with Crippen LogP contribution in [0.4, 0.5) is 0 Å². The normalized spacial score (nSPS) is 18.6. The Labute approximate surface area is 189 Å². The van der Waals surface area contributed by atoms with E-state index in [9.17, 15) is 18.0 Å². The van der Waals surface area contributed by atoms with Gasteiger partial charge in [-0.25, -0.2) is 4.79 Å². The van der Waals surface area contributed by atoms with Gasteiger partial charge in [0, 0.05) is 6.04 Å². The van der Waals surface area contributed by atoms with Crippen molar-refractivity contribution in [2.24, 2.45) is 5.92 Å². The number of carbonyl (C=O) groups excluding carboxylic acids is 2. The molecule has 0 aliphatic heterocycles. The second-order valence-electron chi connectivity index (χ2n) is 8.31. The van der Waals surface area contributed by atoms with Gasteiger partial charge in [-0.15, -0.1) is 0 Å². The third kappa shape index (κ3) is 5.88. The van der Waals surface area contributed by atoms with Gasteiger partial charge in [0.1, 0.15) is 10.5 Å². The van der Waals surface area contributed by atoms with Crippen LogP contribution in [0.3, 0.4) is 0 Å². The highest BCUT2D eigenvalue weighted by Crippen LogP contribution is 2.26. The molecule has 8 heteroatoms. The first-order valence-electron chi connectivity index (χ1n) is 10.7. The predicted molar refractivity (Wildman–Crippen MR) is 120 cm³/mol. The van der Waals surface area contributed by atoms with Crippen molar-refractivity contribution in [1.29, 1.82) is 0 Å². The van der Waals surface area contributed by atoms with Crippen LogP contribution in [-0.4, -0.2) is 32.9 Å². The number of rotatable bonds is 7. The van der Waals surface area contributed by atoms with Crippen LogP contribution in [0.2, 0.25) is 0 Å². The minimum atomic E-state index is -4.17. The molecule has 0 aromatic heterocycles. The number of hydrogen-bond donors (Lipinski definition) is 1. The third-order valence-electron chi connectivity index (χ3n) is 5.71. The van der Waals surface area contributed by atoms with E-state index in [2.05, 4.69) is 12.2 Å². The van der Waals surface area contributed by atoms with Crippen molar-refractivity contribution in [1.82, 2.24) is 5.32 Å². The number of benzene rings is 2. The number of amides is 1. The molecule has 1 fully saturated rings. The van der Waals surface area contributed by atoms with Gasteiger partial charge in [0.25, 0.3) is 5.91 Å². The minimum Gasteiger partial charge on any atom is -0.452 e. The van der Waals surface area contributed by atoms with Gasteiger partial charge in [0.2, 0.25) is 0 Å². The summed E-state index contributed by atoms with van der Waals surface area (Å²) in [5.74, 6) is -0.977. The van der Waals surface area contributed by atoms with Gasteiger partial charge in [-0.1, -0.05) is 44.0 Å². The molecule has 2 atom stereocenters. The van der Waals surface area contributed by atoms with Crippen molar-refractivity contribution in [3.05, 3.63) is 59.2 Å². The second-order valence-corrected chi connectivity index (χ2v) is 9.83. The number of ether oxygens (including phenoxy) is 1. The number of carbonyl (C=O) groups is 2. The van der Waals surface area contributed by atoms with Crippen LogP contribution in [0.15, 0.2) is 47.4 Å². The zero-order valence-electron chi connectivity index (χ0n) is 18.6. The highest BCUT2D eigenvalue weighted by atomic mass is 32.2. The first-order chi connectivity index (χ1) is 15.2. The number of aryl methyl sites for hydroxylation is 2. The van der Waals surface area contributed by atoms with Crippen molar-refractivity contribution >= 4 is 22.0 Å². The van der Waals surface area contributed by atoms with E-state index in [-0.39, 0.29) is 28.2 Å². The Balaban J connectivity index is 1.68. The SMILES string of the molecule is Cc1ccc(C)c(S(=O)(=O)Oc2ccccc2C(=O)OCC(=O)N[C@@H]2CCCC[C@H]2C)c1. The summed E-state index contributed by atoms with van der Waals surface area (Å²) in [5, 5.41) is 2.92. The summed E-state index contributed by atoms with van der Waals surface area (Å²) in [7, 11) is -4.17. The van der Waals surface area contributed by atoms with E-state index >= 15 is 0 Å². The summed E-state index contributed by atoms with van der Waals surface area (Å²) in [6.07, 6.45) is 4.19. The maximum Gasteiger partial charge on any atom is 0.342 e. The summed E-state index contributed by atoms with van der Waals surface area (Å²) >= 11 is 0. The highest BCUT2D eigenvalue weighted by Gasteiger charge is 2.25. The molecule has 0 radical (unpaired) electrons. The molecule has 2 aromatic carbocycles. The van der Waals surface area contributed by atoms with Crippen LogP contribution >= 0.6 is 0 Å². The van der Waals surface area contributed by atoms with E-state index in [0.29, 0.717) is 11.5 Å². The lowest BCUT2D eigenvalue weighted by molar-refractivity contribution is -0.125. The standard InChI is InChI=1S/C24H29NO6S/c1-16-12-13-18(3)22(14-16)32(28,29)31-21-11-7-5-9-19(21)24(27)30-15-23(26)25-20-10-6-4-8-17(20)2/h5,7,9,11-14,17,20H,4,6,8,10,15H2,1-3H3,(H,25,26)/t17-,20-/m1/s1. The second kappa shape index (κ2) is 10.2. The van der Waals surface area contributed by atoms with Crippen LogP contribution in [0, 0.1) is 19.8 Å². The van der Waals surface area contributed by atoms with E-state index in [1.54, 1.807) is 38.1 Å². The maximum absolute atomic E-state index is 12.8. The van der Waals surface area contributed by atoms with Crippen molar-refractivity contribution in [3.63, 3.8) is 0 Å². The first kappa shape index (κ1) is 23.8. The fourth-order valence-electron chi connectivity index (χ4n) is 3.84. The van der Waals surface area contributed by atoms with Gasteiger partial charge in [0.15, 0.2) is 12.4 Å². The zero-order valence-corrected chi connectivity index (χ0v) is 19.4. The van der Waals surface area contributed by atoms with Gasteiger partial charge in [0.05, 0.1) is 0 Å². The van der Waals surface area contributed by atoms with Crippen LogP contribution in [0.25, 0.3) is 0 Å². The minimum absolute atomic E-state index is 0.0293. The largest absolute Gasteiger partial charge is 0.452 e. The number of hydrogen-bond acceptors (Lipinski definition) is 6. The van der Waals surface area contributed by atoms with Crippen LogP contribution in [0.1, 0.15) is 54.1 Å². The number of para-hydroxylation sites is 1. The Kier molecular flexibility index (Phi) is 7.56. The number of esters is 1. The molecule has 0 saturated heterocycles. The lowest BCUT2D eigenvalue weighted by atomic mass is 9.86. The molecule has 1 amide bonds. The summed E-state index contributed by atoms with van der Waals surface area (Å²) < 4.78 is 36.1. The van der Waals surface area contributed by atoms with Crippen LogP contribution < -0.4 is 9.50 Å². The average molecular weight is 460 g/mol. The fourth-order valence-corrected chi connectivity index (χ4v) is 5.10. The highest BCUT2D eigenvalue weighted by molar-refractivity contribution is 7.87. The number of nitrogens with one attached hydrogen (secondary N) is 1. The van der Waals surface area contributed by atoms with Crippen LogP contribution in [0.5, 0.6) is 5.75 Å². The first-order valence-corrected chi connectivity index (χ1v) is 12.2. The molecular formula is C24H29NO6S. The molecule has 0 spiro atoms. The molecule has 7 nitrogen and oxygen atoms in total. The Morgan fingerprint density at radius 2 is 1.78 bits per heavy atom. The van der Waals surface area contributed by atoms with Gasteiger partial charge >= 0.3 is 16.1 Å². The van der Waals surface area contributed by atoms with Gasteiger partial charge < -0.3 is 14.2 Å². The third-order valence-corrected chi connectivity index (χ3v) is 7.09. The molecule has 2 aromatic rings. The predicted octanol–water partition coefficient (Wildman–Crippen LogP) is 3.92. The van der Waals surface area contributed by atoms with Crippen molar-refractivity contribution in [2.45, 2.75) is 57.4 Å². The molecular weight excluding hydrogens is 430 g/mol. The van der Waals surface area contributed by atoms with Gasteiger partial charge in [-0.05, 0) is 61.9 Å². The Bertz CT molecular complexity index is 1100. The van der Waals surface area contributed by atoms with Crippen molar-refractivity contribution in [2.75, 3.05) is 6.61 Å². The quantitative estimate of drug-likeness (QED) is 0.498. The molecule has 1 N–H and O–H groups in total. The molecule has 0 heterocycles. The average Bonchev–Trinajstić information content (AvgIpc) is 2.75. The monoisotopic (exact) mass is 459 g/mol. The van der Waals surface area contributed by atoms with E-state index in [4.69, 9.17) is 8.92 Å². The van der Waals surface area contributed by atoms with Gasteiger partial charge in [-0.2, -0.15) is 8.42 Å². The summed E-state index contributed by atoms with van der Waals surface area (Å²) in [6, 6.07) is 11.0. The lowest BCUT2D eigenvalue weighted by Gasteiger charge is -2.29. The molecule has 0 unspecified atom stereocenters. The Morgan fingerprint density at radius 3 is 2.53 bits per heavy atom. The lowest BCUT2D eigenvalue weighted by Crippen LogP contribution is -2.42. The molecule has 32 heavy (non-hydrogen) atoms. The summed E-state index contributed by atoms with van der Waals surface area (Å²) in [6.45, 7) is 5.10. The molecule has 1 aliphatic rings. The molecule has 1 saturated carbocycles. The van der Waals surface area contributed by atoms with Gasteiger partial charge in [-0.3, -0.25) is 4.79 Å². The molecule has 172 valence electrons. The van der Waals surface area contributed by atoms with E-state index < -0.39 is 22.7 Å². The maximum atomic E-state index is 12.8. The fraction of sp³-hybridized carbons (Fsp3) is 0.417. The van der Waals surface area contributed by atoms with E-state index in [1.807, 2.05) is 0 Å². The Hall–Kier alpha value is -2.87. The summed E-state index contributed by atoms with van der Waals surface area (Å²) in [5.41, 5.74) is 1.23. The molecule has 3 rings (SSSR count). The van der Waals surface area contributed by atoms with E-state index in [1.165, 1.54) is 18.2 Å². The Morgan fingerprint density at radius 1 is 1.06 bits per heavy atom. The smallest absolute Gasteiger partial charge is 0.342 e. The summed E-state index contributed by atoms with van der Waals surface area (Å²) in [4.78, 5) is 24.9. The van der Waals surface area contributed by atoms with Crippen molar-refractivity contribution in [3.8, 4) is 5.75 Å².